The lowest BCUT2D eigenvalue weighted by Gasteiger charge is -2.08. The van der Waals surface area contributed by atoms with E-state index < -0.39 is 0 Å². The van der Waals surface area contributed by atoms with Gasteiger partial charge in [0.15, 0.2) is 5.78 Å². The summed E-state index contributed by atoms with van der Waals surface area (Å²) in [6, 6.07) is 5.36. The first kappa shape index (κ1) is 14.8. The molecule has 1 aromatic carbocycles. The highest BCUT2D eigenvalue weighted by atomic mass is 79.9. The van der Waals surface area contributed by atoms with Gasteiger partial charge in [-0.05, 0) is 40.5 Å². The van der Waals surface area contributed by atoms with Crippen LogP contribution in [0.3, 0.4) is 0 Å². The zero-order valence-electron chi connectivity index (χ0n) is 11.6. The average Bonchev–Trinajstić information content (AvgIpc) is 2.86. The van der Waals surface area contributed by atoms with Gasteiger partial charge in [-0.25, -0.2) is 4.98 Å². The molecule has 0 atom stereocenters. The predicted molar refractivity (Wildman–Crippen MR) is 81.2 cm³/mol. The van der Waals surface area contributed by atoms with E-state index in [0.717, 1.165) is 28.9 Å². The predicted octanol–water partition coefficient (Wildman–Crippen LogP) is 3.49. The minimum atomic E-state index is 0.0590. The van der Waals surface area contributed by atoms with Crippen LogP contribution in [-0.4, -0.2) is 22.4 Å². The molecular weight excluding hydrogens is 320 g/mol. The highest BCUT2D eigenvalue weighted by Gasteiger charge is 2.11. The zero-order chi connectivity index (χ0) is 14.5. The topological polar surface area (TPSA) is 44.1 Å². The fraction of sp³-hybridized carbons (Fsp3) is 0.333. The van der Waals surface area contributed by atoms with Gasteiger partial charge in [-0.1, -0.05) is 6.92 Å². The Morgan fingerprint density at radius 1 is 1.45 bits per heavy atom. The standard InChI is InChI=1S/C15H17BrN2O2/c1-3-4-15-17-7-8-18(15)10-13(19)11-5-6-14(20-2)12(16)9-11/h5-9H,3-4,10H2,1-2H3. The maximum atomic E-state index is 12.3. The van der Waals surface area contributed by atoms with E-state index in [4.69, 9.17) is 4.74 Å². The SMILES string of the molecule is CCCc1nccn1CC(=O)c1ccc(OC)c(Br)c1. The van der Waals surface area contributed by atoms with Gasteiger partial charge < -0.3 is 9.30 Å². The van der Waals surface area contributed by atoms with Gasteiger partial charge in [0.2, 0.25) is 0 Å². The Morgan fingerprint density at radius 2 is 2.25 bits per heavy atom. The van der Waals surface area contributed by atoms with E-state index in [0.29, 0.717) is 12.1 Å². The molecule has 2 rings (SSSR count). The molecule has 0 bridgehead atoms. The summed E-state index contributed by atoms with van der Waals surface area (Å²) in [5.41, 5.74) is 0.661. The third kappa shape index (κ3) is 3.28. The van der Waals surface area contributed by atoms with Crippen molar-refractivity contribution in [3.8, 4) is 5.75 Å². The Labute approximate surface area is 126 Å². The number of hydrogen-bond acceptors (Lipinski definition) is 3. The maximum absolute atomic E-state index is 12.3. The molecule has 0 aliphatic rings. The van der Waals surface area contributed by atoms with Gasteiger partial charge in [-0.3, -0.25) is 4.79 Å². The summed E-state index contributed by atoms with van der Waals surface area (Å²) in [5, 5.41) is 0. The highest BCUT2D eigenvalue weighted by Crippen LogP contribution is 2.25. The molecule has 2 aromatic rings. The summed E-state index contributed by atoms with van der Waals surface area (Å²) < 4.78 is 7.85. The van der Waals surface area contributed by atoms with Crippen molar-refractivity contribution in [2.24, 2.45) is 0 Å². The number of imidazole rings is 1. The molecule has 20 heavy (non-hydrogen) atoms. The minimum Gasteiger partial charge on any atom is -0.496 e. The molecule has 0 spiro atoms. The fourth-order valence-electron chi connectivity index (χ4n) is 2.02. The molecule has 0 saturated carbocycles. The van der Waals surface area contributed by atoms with E-state index in [1.807, 2.05) is 10.8 Å². The van der Waals surface area contributed by atoms with Gasteiger partial charge in [0, 0.05) is 24.4 Å². The number of carbonyl (C=O) groups is 1. The molecule has 0 aliphatic carbocycles. The third-order valence-electron chi connectivity index (χ3n) is 3.06. The smallest absolute Gasteiger partial charge is 0.182 e. The van der Waals surface area contributed by atoms with Gasteiger partial charge in [0.1, 0.15) is 11.6 Å². The lowest BCUT2D eigenvalue weighted by atomic mass is 10.1. The third-order valence-corrected chi connectivity index (χ3v) is 3.68. The van der Waals surface area contributed by atoms with E-state index in [-0.39, 0.29) is 5.78 Å². The molecule has 5 heteroatoms. The monoisotopic (exact) mass is 336 g/mol. The van der Waals surface area contributed by atoms with Crippen LogP contribution in [0, 0.1) is 0 Å². The molecule has 1 heterocycles. The summed E-state index contributed by atoms with van der Waals surface area (Å²) in [7, 11) is 1.60. The van der Waals surface area contributed by atoms with Crippen molar-refractivity contribution in [2.45, 2.75) is 26.3 Å². The normalized spacial score (nSPS) is 10.6. The van der Waals surface area contributed by atoms with Crippen LogP contribution in [0.4, 0.5) is 0 Å². The first-order valence-electron chi connectivity index (χ1n) is 6.52. The van der Waals surface area contributed by atoms with Gasteiger partial charge in [-0.2, -0.15) is 0 Å². The Kier molecular flexibility index (Phi) is 4.95. The lowest BCUT2D eigenvalue weighted by Crippen LogP contribution is -2.12. The summed E-state index contributed by atoms with van der Waals surface area (Å²) in [5.74, 6) is 1.73. The molecule has 0 unspecified atom stereocenters. The van der Waals surface area contributed by atoms with Crippen molar-refractivity contribution >= 4 is 21.7 Å². The number of methoxy groups -OCH3 is 1. The van der Waals surface area contributed by atoms with Gasteiger partial charge in [0.25, 0.3) is 0 Å². The maximum Gasteiger partial charge on any atom is 0.182 e. The molecule has 106 valence electrons. The van der Waals surface area contributed by atoms with Crippen molar-refractivity contribution < 1.29 is 9.53 Å². The second kappa shape index (κ2) is 6.70. The van der Waals surface area contributed by atoms with E-state index >= 15 is 0 Å². The Hall–Kier alpha value is -1.62. The lowest BCUT2D eigenvalue weighted by molar-refractivity contribution is 0.0971. The number of rotatable bonds is 6. The molecule has 0 radical (unpaired) electrons. The molecule has 0 aliphatic heterocycles. The number of carbonyl (C=O) groups excluding carboxylic acids is 1. The number of Topliss-reactive ketones (excluding diaryl/α,β-unsaturated/α-hetero) is 1. The first-order valence-corrected chi connectivity index (χ1v) is 7.31. The average molecular weight is 337 g/mol. The Morgan fingerprint density at radius 3 is 2.90 bits per heavy atom. The molecule has 0 N–H and O–H groups in total. The number of nitrogens with zero attached hydrogens (tertiary/aromatic N) is 2. The van der Waals surface area contributed by atoms with Crippen LogP contribution in [0.1, 0.15) is 29.5 Å². The van der Waals surface area contributed by atoms with Crippen LogP contribution in [0.15, 0.2) is 35.1 Å². The van der Waals surface area contributed by atoms with E-state index in [9.17, 15) is 4.79 Å². The summed E-state index contributed by atoms with van der Waals surface area (Å²) >= 11 is 3.40. The van der Waals surface area contributed by atoms with Gasteiger partial charge in [-0.15, -0.1) is 0 Å². The number of aryl methyl sites for hydroxylation is 1. The fourth-order valence-corrected chi connectivity index (χ4v) is 2.56. The molecule has 4 nitrogen and oxygen atoms in total. The van der Waals surface area contributed by atoms with Crippen LogP contribution in [-0.2, 0) is 13.0 Å². The number of halogens is 1. The molecule has 0 amide bonds. The number of aromatic nitrogens is 2. The van der Waals surface area contributed by atoms with Crippen LogP contribution in [0.2, 0.25) is 0 Å². The van der Waals surface area contributed by atoms with E-state index in [2.05, 4.69) is 27.8 Å². The number of benzene rings is 1. The van der Waals surface area contributed by atoms with Gasteiger partial charge in [0.05, 0.1) is 18.1 Å². The van der Waals surface area contributed by atoms with Crippen molar-refractivity contribution in [3.63, 3.8) is 0 Å². The zero-order valence-corrected chi connectivity index (χ0v) is 13.2. The quantitative estimate of drug-likeness (QED) is 0.758. The summed E-state index contributed by atoms with van der Waals surface area (Å²) in [6.45, 7) is 2.41. The van der Waals surface area contributed by atoms with Crippen molar-refractivity contribution in [3.05, 3.63) is 46.5 Å². The largest absolute Gasteiger partial charge is 0.496 e. The number of hydrogen-bond donors (Lipinski definition) is 0. The van der Waals surface area contributed by atoms with Crippen molar-refractivity contribution in [2.75, 3.05) is 7.11 Å². The second-order valence-corrected chi connectivity index (χ2v) is 5.35. The van der Waals surface area contributed by atoms with Crippen LogP contribution in [0.25, 0.3) is 0 Å². The van der Waals surface area contributed by atoms with E-state index in [1.165, 1.54) is 0 Å². The molecule has 1 aromatic heterocycles. The van der Waals surface area contributed by atoms with E-state index in [1.54, 1.807) is 31.5 Å². The van der Waals surface area contributed by atoms with Crippen LogP contribution >= 0.6 is 15.9 Å². The number of ketones is 1. The Balaban J connectivity index is 2.15. The highest BCUT2D eigenvalue weighted by molar-refractivity contribution is 9.10. The molecular formula is C15H17BrN2O2. The minimum absolute atomic E-state index is 0.0590. The van der Waals surface area contributed by atoms with Gasteiger partial charge >= 0.3 is 0 Å². The first-order chi connectivity index (χ1) is 9.65. The molecule has 0 fully saturated rings. The van der Waals surface area contributed by atoms with Crippen LogP contribution in [0.5, 0.6) is 5.75 Å². The van der Waals surface area contributed by atoms with Crippen molar-refractivity contribution in [1.82, 2.24) is 9.55 Å². The second-order valence-electron chi connectivity index (χ2n) is 4.49. The summed E-state index contributed by atoms with van der Waals surface area (Å²) in [6.07, 6.45) is 5.48. The van der Waals surface area contributed by atoms with Crippen LogP contribution < -0.4 is 4.74 Å². The number of ether oxygens (including phenoxy) is 1. The summed E-state index contributed by atoms with van der Waals surface area (Å²) in [4.78, 5) is 16.6. The van der Waals surface area contributed by atoms with Crippen molar-refractivity contribution in [1.29, 1.82) is 0 Å². The molecule has 0 saturated heterocycles. The Bertz CT molecular complexity index is 608.